The Labute approximate surface area is 331 Å². The van der Waals surface area contributed by atoms with Gasteiger partial charge in [-0.1, -0.05) is 72.6 Å². The number of carbonyl (C=O) groups excluding carboxylic acids is 2. The number of sulfonamides is 1. The number of hydrogen-bond donors (Lipinski definition) is 4. The van der Waals surface area contributed by atoms with Gasteiger partial charge >= 0.3 is 0 Å². The van der Waals surface area contributed by atoms with Crippen molar-refractivity contribution in [2.45, 2.75) is 50.3 Å². The van der Waals surface area contributed by atoms with Gasteiger partial charge in [-0.15, -0.1) is 0 Å². The highest BCUT2D eigenvalue weighted by Crippen LogP contribution is 2.28. The summed E-state index contributed by atoms with van der Waals surface area (Å²) in [7, 11) is -3.52. The molecule has 6 heterocycles. The van der Waals surface area contributed by atoms with Crippen molar-refractivity contribution in [1.82, 2.24) is 40.0 Å². The highest BCUT2D eigenvalue weighted by atomic mass is 32.2. The Morgan fingerprint density at radius 3 is 1.95 bits per heavy atom. The highest BCUT2D eigenvalue weighted by Gasteiger charge is 2.31. The van der Waals surface area contributed by atoms with Crippen LogP contribution in [-0.4, -0.2) is 75.8 Å². The van der Waals surface area contributed by atoms with Gasteiger partial charge in [0.05, 0.1) is 6.20 Å². The van der Waals surface area contributed by atoms with E-state index in [1.807, 2.05) is 36.4 Å². The predicted molar refractivity (Wildman–Crippen MR) is 219 cm³/mol. The Morgan fingerprint density at radius 1 is 0.772 bits per heavy atom. The number of benzene rings is 2. The zero-order valence-corrected chi connectivity index (χ0v) is 32.6. The van der Waals surface area contributed by atoms with E-state index in [0.29, 0.717) is 49.2 Å². The van der Waals surface area contributed by atoms with Crippen molar-refractivity contribution in [3.05, 3.63) is 133 Å². The van der Waals surface area contributed by atoms with Gasteiger partial charge in [-0.05, 0) is 79.5 Å². The summed E-state index contributed by atoms with van der Waals surface area (Å²) >= 11 is 0. The van der Waals surface area contributed by atoms with E-state index in [0.717, 1.165) is 60.3 Å². The summed E-state index contributed by atoms with van der Waals surface area (Å²) in [5.74, 6) is 0.626. The average molecular weight is 787 g/mol. The molecular formula is C43H46N8O5S. The molecule has 13 nitrogen and oxygen atoms in total. The Morgan fingerprint density at radius 2 is 1.37 bits per heavy atom. The molecular weight excluding hydrogens is 741 g/mol. The van der Waals surface area contributed by atoms with Gasteiger partial charge in [-0.25, -0.2) is 8.42 Å². The third-order valence-corrected chi connectivity index (χ3v) is 12.3. The number of pyridine rings is 2. The first-order chi connectivity index (χ1) is 27.7. The number of aromatic amines is 2. The van der Waals surface area contributed by atoms with Crippen LogP contribution in [-0.2, 0) is 16.4 Å². The van der Waals surface area contributed by atoms with E-state index in [4.69, 9.17) is 4.52 Å². The normalized spacial score (nSPS) is 13.6. The van der Waals surface area contributed by atoms with Gasteiger partial charge in [0.25, 0.3) is 11.8 Å². The van der Waals surface area contributed by atoms with Crippen molar-refractivity contribution in [2.75, 3.05) is 26.2 Å². The molecule has 0 atom stereocenters. The summed E-state index contributed by atoms with van der Waals surface area (Å²) in [6, 6.07) is 26.1. The molecule has 1 aliphatic rings. The molecule has 0 aliphatic carbocycles. The topological polar surface area (TPSA) is 179 Å². The number of unbranched alkanes of at least 4 members (excludes halogenated alkanes) is 1. The number of carbonyl (C=O) groups is 2. The Bertz CT molecular complexity index is 2460. The number of rotatable bonds is 13. The second-order valence-electron chi connectivity index (χ2n) is 14.2. The highest BCUT2D eigenvalue weighted by molar-refractivity contribution is 7.89. The van der Waals surface area contributed by atoms with E-state index >= 15 is 0 Å². The molecule has 1 saturated heterocycles. The molecule has 2 amide bonds. The number of fused-ring (bicyclic) bond motifs is 2. The fourth-order valence-corrected chi connectivity index (χ4v) is 8.62. The monoisotopic (exact) mass is 786 g/mol. The van der Waals surface area contributed by atoms with Gasteiger partial charge in [-0.3, -0.25) is 19.6 Å². The molecule has 2 aromatic carbocycles. The van der Waals surface area contributed by atoms with Crippen LogP contribution in [0.5, 0.6) is 0 Å². The molecule has 0 bridgehead atoms. The molecule has 14 heteroatoms. The zero-order chi connectivity index (χ0) is 39.6. The number of aryl methyl sites for hydroxylation is 1. The Kier molecular flexibility index (Phi) is 12.5. The summed E-state index contributed by atoms with van der Waals surface area (Å²) in [4.78, 5) is 39.1. The van der Waals surface area contributed by atoms with Crippen molar-refractivity contribution in [3.8, 4) is 11.1 Å². The van der Waals surface area contributed by atoms with E-state index in [1.54, 1.807) is 37.8 Å². The van der Waals surface area contributed by atoms with E-state index in [1.165, 1.54) is 27.2 Å². The fourth-order valence-electron chi connectivity index (χ4n) is 7.07. The van der Waals surface area contributed by atoms with Gasteiger partial charge < -0.3 is 25.1 Å². The molecule has 1 aliphatic heterocycles. The Hall–Kier alpha value is -6.12. The van der Waals surface area contributed by atoms with Gasteiger partial charge in [0.2, 0.25) is 10.0 Å². The maximum Gasteiger partial charge on any atom is 0.267 e. The quantitative estimate of drug-likeness (QED) is 0.0897. The van der Waals surface area contributed by atoms with E-state index in [9.17, 15) is 18.0 Å². The van der Waals surface area contributed by atoms with Crippen LogP contribution >= 0.6 is 0 Å². The number of nitrogens with zero attached hydrogens (tertiary/aromatic N) is 4. The number of amides is 2. The summed E-state index contributed by atoms with van der Waals surface area (Å²) in [5.41, 5.74) is 6.53. The zero-order valence-electron chi connectivity index (χ0n) is 31.8. The standard InChI is InChI=1S/C22H19N3O.C21H27N5O4S/c26-22(21-14-19-15-23-12-11-20(19)25-21)24-13-10-16-6-8-18(9-7-16)17-4-2-1-3-5-17;1-15-20(14-24-30-15)31(28,29)26-10-6-16(7-11-26)4-2-3-8-23-21(27)19-12-17-13-22-9-5-18(17)25-19/h1-9,11-12,14-15,25H,10,13H2,(H,24,26);5,9,12-14,16,25H,2-4,6-8,10-11H2,1H3,(H,23,27). The molecule has 57 heavy (non-hydrogen) atoms. The summed E-state index contributed by atoms with van der Waals surface area (Å²) in [6.45, 7) is 3.86. The minimum atomic E-state index is -3.52. The summed E-state index contributed by atoms with van der Waals surface area (Å²) < 4.78 is 31.8. The molecule has 0 saturated carbocycles. The average Bonchev–Trinajstić information content (AvgIpc) is 4.00. The van der Waals surface area contributed by atoms with E-state index in [-0.39, 0.29) is 16.7 Å². The lowest BCUT2D eigenvalue weighted by Crippen LogP contribution is -2.38. The van der Waals surface area contributed by atoms with Gasteiger partial charge in [0.1, 0.15) is 16.3 Å². The number of nitrogens with one attached hydrogen (secondary N) is 4. The number of hydrogen-bond acceptors (Lipinski definition) is 8. The number of aromatic nitrogens is 5. The summed E-state index contributed by atoms with van der Waals surface area (Å²) in [5, 5.41) is 11.4. The number of piperidine rings is 1. The van der Waals surface area contributed by atoms with Gasteiger partial charge in [-0.2, -0.15) is 4.31 Å². The third-order valence-electron chi connectivity index (χ3n) is 10.3. The SMILES string of the molecule is Cc1oncc1S(=O)(=O)N1CCC(CCCCNC(=O)c2cc3cnccc3[nH]2)CC1.O=C(NCCc1ccc(-c2ccccc2)cc1)c1cc2cnccc2[nH]1. The molecule has 1 fully saturated rings. The molecule has 4 N–H and O–H groups in total. The molecule has 5 aromatic heterocycles. The van der Waals surface area contributed by atoms with Crippen molar-refractivity contribution in [2.24, 2.45) is 5.92 Å². The van der Waals surface area contributed by atoms with Crippen molar-refractivity contribution in [3.63, 3.8) is 0 Å². The minimum Gasteiger partial charge on any atom is -0.360 e. The van der Waals surface area contributed by atoms with Crippen LogP contribution in [0.25, 0.3) is 32.9 Å². The van der Waals surface area contributed by atoms with Crippen molar-refractivity contribution < 1.29 is 22.5 Å². The molecule has 0 spiro atoms. The lowest BCUT2D eigenvalue weighted by Gasteiger charge is -2.30. The van der Waals surface area contributed by atoms with Crippen molar-refractivity contribution in [1.29, 1.82) is 0 Å². The maximum atomic E-state index is 12.7. The smallest absolute Gasteiger partial charge is 0.267 e. The first kappa shape index (κ1) is 39.1. The van der Waals surface area contributed by atoms with Crippen LogP contribution in [0.1, 0.15) is 64.4 Å². The molecule has 0 radical (unpaired) electrons. The largest absolute Gasteiger partial charge is 0.360 e. The lowest BCUT2D eigenvalue weighted by molar-refractivity contribution is 0.0941. The number of H-pyrrole nitrogens is 2. The lowest BCUT2D eigenvalue weighted by atomic mass is 9.92. The molecule has 0 unspecified atom stereocenters. The maximum absolute atomic E-state index is 12.7. The van der Waals surface area contributed by atoms with Gasteiger partial charge in [0.15, 0.2) is 5.76 Å². The second-order valence-corrected chi connectivity index (χ2v) is 16.1. The first-order valence-corrected chi connectivity index (χ1v) is 20.7. The minimum absolute atomic E-state index is 0.0953. The first-order valence-electron chi connectivity index (χ1n) is 19.2. The third kappa shape index (κ3) is 9.83. The second kappa shape index (κ2) is 18.2. The predicted octanol–water partition coefficient (Wildman–Crippen LogP) is 7.06. The van der Waals surface area contributed by atoms with E-state index in [2.05, 4.69) is 72.1 Å². The fraction of sp³-hybridized carbons (Fsp3) is 0.279. The molecule has 7 aromatic rings. The van der Waals surface area contributed by atoms with Crippen LogP contribution in [0.4, 0.5) is 0 Å². The van der Waals surface area contributed by atoms with Crippen LogP contribution in [0.2, 0.25) is 0 Å². The van der Waals surface area contributed by atoms with Crippen LogP contribution in [0, 0.1) is 12.8 Å². The summed E-state index contributed by atoms with van der Waals surface area (Å²) in [6.07, 6.45) is 13.6. The van der Waals surface area contributed by atoms with E-state index < -0.39 is 10.0 Å². The molecule has 294 valence electrons. The van der Waals surface area contributed by atoms with Gasteiger partial charge in [0, 0.05) is 72.8 Å². The molecule has 8 rings (SSSR count). The van der Waals surface area contributed by atoms with Crippen molar-refractivity contribution >= 4 is 43.6 Å². The van der Waals surface area contributed by atoms with Crippen LogP contribution < -0.4 is 10.6 Å². The van der Waals surface area contributed by atoms with Crippen LogP contribution in [0.3, 0.4) is 0 Å². The Balaban J connectivity index is 0.000000177. The van der Waals surface area contributed by atoms with Crippen LogP contribution in [0.15, 0.2) is 119 Å².